The van der Waals surface area contributed by atoms with Crippen molar-refractivity contribution in [3.8, 4) is 0 Å². The quantitative estimate of drug-likeness (QED) is 0.849. The maximum atomic E-state index is 12.1. The minimum atomic E-state index is -3.38. The van der Waals surface area contributed by atoms with Gasteiger partial charge in [0, 0.05) is 16.0 Å². The molecule has 0 amide bonds. The van der Waals surface area contributed by atoms with E-state index in [1.54, 1.807) is 17.6 Å². The summed E-state index contributed by atoms with van der Waals surface area (Å²) < 4.78 is 24.8. The fourth-order valence-corrected chi connectivity index (χ4v) is 4.01. The van der Waals surface area contributed by atoms with Crippen molar-refractivity contribution in [2.24, 2.45) is 0 Å². The fourth-order valence-electron chi connectivity index (χ4n) is 1.24. The second kappa shape index (κ2) is 5.06. The molecule has 0 atom stereocenters. The lowest BCUT2D eigenvalue weighted by atomic mass is 10.4. The Bertz CT molecular complexity index is 626. The first-order chi connectivity index (χ1) is 7.99. The highest BCUT2D eigenvalue weighted by Gasteiger charge is 2.17. The number of hydrogen-bond acceptors (Lipinski definition) is 4. The summed E-state index contributed by atoms with van der Waals surface area (Å²) in [7, 11) is -3.38. The molecule has 0 saturated heterocycles. The Morgan fingerprint density at radius 1 is 1.41 bits per heavy atom. The Morgan fingerprint density at radius 2 is 2.18 bits per heavy atom. The van der Waals surface area contributed by atoms with Crippen molar-refractivity contribution < 1.29 is 8.42 Å². The van der Waals surface area contributed by atoms with Gasteiger partial charge in [0.15, 0.2) is 9.84 Å². The first kappa shape index (κ1) is 13.0. The predicted octanol–water partition coefficient (Wildman–Crippen LogP) is 3.53. The molecule has 0 aliphatic rings. The van der Waals surface area contributed by atoms with Crippen molar-refractivity contribution >= 4 is 48.7 Å². The molecule has 1 aromatic carbocycles. The summed E-state index contributed by atoms with van der Waals surface area (Å²) in [6.07, 6.45) is 1.59. The van der Waals surface area contributed by atoms with E-state index >= 15 is 0 Å². The van der Waals surface area contributed by atoms with E-state index in [-0.39, 0.29) is 10.6 Å². The number of sulfone groups is 1. The molecule has 0 spiro atoms. The van der Waals surface area contributed by atoms with Crippen LogP contribution in [-0.2, 0) is 15.6 Å². The molecule has 0 aliphatic heterocycles. The van der Waals surface area contributed by atoms with E-state index < -0.39 is 9.84 Å². The van der Waals surface area contributed by atoms with Crippen molar-refractivity contribution in [1.29, 1.82) is 0 Å². The van der Waals surface area contributed by atoms with Gasteiger partial charge >= 0.3 is 0 Å². The van der Waals surface area contributed by atoms with Crippen molar-refractivity contribution in [3.63, 3.8) is 0 Å². The smallest absolute Gasteiger partial charge is 0.184 e. The molecule has 3 nitrogen and oxygen atoms in total. The second-order valence-corrected chi connectivity index (χ2v) is 7.49. The molecule has 7 heteroatoms. The van der Waals surface area contributed by atoms with Crippen LogP contribution in [0, 0.1) is 0 Å². The van der Waals surface area contributed by atoms with Crippen LogP contribution in [0.25, 0.3) is 0 Å². The summed E-state index contributed by atoms with van der Waals surface area (Å²) in [5.41, 5.74) is 0. The first-order valence-corrected chi connectivity index (χ1v) is 8.25. The van der Waals surface area contributed by atoms with E-state index in [1.165, 1.54) is 23.5 Å². The number of thiazole rings is 1. The van der Waals surface area contributed by atoms with Gasteiger partial charge in [0.2, 0.25) is 0 Å². The Kier molecular flexibility index (Phi) is 3.87. The average Bonchev–Trinajstić information content (AvgIpc) is 2.73. The number of rotatable bonds is 3. The highest BCUT2D eigenvalue weighted by molar-refractivity contribution is 9.10. The van der Waals surface area contributed by atoms with Crippen LogP contribution in [-0.4, -0.2) is 13.4 Å². The Hall–Kier alpha value is -0.430. The van der Waals surface area contributed by atoms with Crippen LogP contribution in [0.5, 0.6) is 0 Å². The Labute approximate surface area is 117 Å². The fraction of sp³-hybridized carbons (Fsp3) is 0.100. The summed E-state index contributed by atoms with van der Waals surface area (Å²) >= 11 is 10.4. The molecular weight excluding hydrogens is 346 g/mol. The molecule has 17 heavy (non-hydrogen) atoms. The van der Waals surface area contributed by atoms with Crippen molar-refractivity contribution in [2.45, 2.75) is 10.6 Å². The maximum Gasteiger partial charge on any atom is 0.184 e. The molecule has 0 saturated carbocycles. The molecule has 2 aromatic rings. The summed E-state index contributed by atoms with van der Waals surface area (Å²) in [4.78, 5) is 4.17. The lowest BCUT2D eigenvalue weighted by Crippen LogP contribution is -2.04. The molecule has 1 heterocycles. The van der Waals surface area contributed by atoms with Crippen LogP contribution in [0.1, 0.15) is 5.01 Å². The topological polar surface area (TPSA) is 47.0 Å². The van der Waals surface area contributed by atoms with Gasteiger partial charge in [0.05, 0.1) is 9.92 Å². The number of halogens is 2. The zero-order valence-electron chi connectivity index (χ0n) is 8.43. The van der Waals surface area contributed by atoms with Crippen LogP contribution in [0.4, 0.5) is 0 Å². The van der Waals surface area contributed by atoms with Gasteiger partial charge in [-0.05, 0) is 34.1 Å². The van der Waals surface area contributed by atoms with Gasteiger partial charge < -0.3 is 0 Å². The van der Waals surface area contributed by atoms with Crippen molar-refractivity contribution in [3.05, 3.63) is 44.3 Å². The van der Waals surface area contributed by atoms with E-state index in [0.29, 0.717) is 14.5 Å². The highest BCUT2D eigenvalue weighted by atomic mass is 79.9. The zero-order chi connectivity index (χ0) is 12.5. The lowest BCUT2D eigenvalue weighted by Gasteiger charge is -2.04. The standard InChI is InChI=1S/C10H7BrClNO2S2/c11-8-2-1-7(5-9(8)12)17(14,15)6-10-13-3-4-16-10/h1-5H,6H2. The molecule has 0 bridgehead atoms. The van der Waals surface area contributed by atoms with E-state index in [9.17, 15) is 8.42 Å². The highest BCUT2D eigenvalue weighted by Crippen LogP contribution is 2.27. The van der Waals surface area contributed by atoms with Gasteiger partial charge in [-0.25, -0.2) is 13.4 Å². The van der Waals surface area contributed by atoms with E-state index in [0.717, 1.165) is 0 Å². The summed E-state index contributed by atoms with van der Waals surface area (Å²) in [6.45, 7) is 0. The van der Waals surface area contributed by atoms with Crippen molar-refractivity contribution in [1.82, 2.24) is 4.98 Å². The average molecular weight is 353 g/mol. The Morgan fingerprint density at radius 3 is 2.76 bits per heavy atom. The van der Waals surface area contributed by atoms with Gasteiger partial charge in [-0.1, -0.05) is 11.6 Å². The van der Waals surface area contributed by atoms with E-state index in [4.69, 9.17) is 11.6 Å². The predicted molar refractivity (Wildman–Crippen MR) is 72.2 cm³/mol. The number of nitrogens with zero attached hydrogens (tertiary/aromatic N) is 1. The van der Waals surface area contributed by atoms with Gasteiger partial charge in [0.25, 0.3) is 0 Å². The number of benzene rings is 1. The molecule has 0 radical (unpaired) electrons. The molecular formula is C10H7BrClNO2S2. The second-order valence-electron chi connectivity index (χ2n) is 3.26. The SMILES string of the molecule is O=S(=O)(Cc1nccs1)c1ccc(Br)c(Cl)c1. The van der Waals surface area contributed by atoms with Crippen molar-refractivity contribution in [2.75, 3.05) is 0 Å². The minimum absolute atomic E-state index is 0.0946. The first-order valence-electron chi connectivity index (χ1n) is 4.55. The van der Waals surface area contributed by atoms with Gasteiger partial charge in [-0.3, -0.25) is 0 Å². The molecule has 0 aliphatic carbocycles. The van der Waals surface area contributed by atoms with Gasteiger partial charge in [-0.2, -0.15) is 0 Å². The summed E-state index contributed by atoms with van der Waals surface area (Å²) in [5.74, 6) is -0.0946. The summed E-state index contributed by atoms with van der Waals surface area (Å²) in [6, 6.07) is 4.59. The number of aromatic nitrogens is 1. The van der Waals surface area contributed by atoms with Crippen LogP contribution in [0.15, 0.2) is 39.1 Å². The lowest BCUT2D eigenvalue weighted by molar-refractivity contribution is 0.595. The number of hydrogen-bond donors (Lipinski definition) is 0. The third-order valence-corrected chi connectivity index (χ3v) is 5.87. The molecule has 2 rings (SSSR count). The van der Waals surface area contributed by atoms with E-state index in [1.807, 2.05) is 0 Å². The molecule has 0 N–H and O–H groups in total. The van der Waals surface area contributed by atoms with Crippen LogP contribution in [0.3, 0.4) is 0 Å². The third-order valence-electron chi connectivity index (χ3n) is 2.05. The third kappa shape index (κ3) is 3.07. The van der Waals surface area contributed by atoms with E-state index in [2.05, 4.69) is 20.9 Å². The minimum Gasteiger partial charge on any atom is -0.249 e. The molecule has 1 aromatic heterocycles. The largest absolute Gasteiger partial charge is 0.249 e. The van der Waals surface area contributed by atoms with Crippen LogP contribution < -0.4 is 0 Å². The normalized spacial score (nSPS) is 11.6. The maximum absolute atomic E-state index is 12.1. The summed E-state index contributed by atoms with van der Waals surface area (Å²) in [5, 5.41) is 2.70. The van der Waals surface area contributed by atoms with Crippen LogP contribution >= 0.6 is 38.9 Å². The Balaban J connectivity index is 2.35. The van der Waals surface area contributed by atoms with Crippen LogP contribution in [0.2, 0.25) is 5.02 Å². The zero-order valence-corrected chi connectivity index (χ0v) is 12.4. The monoisotopic (exact) mass is 351 g/mol. The van der Waals surface area contributed by atoms with Gasteiger partial charge in [0.1, 0.15) is 10.8 Å². The molecule has 0 fully saturated rings. The van der Waals surface area contributed by atoms with Gasteiger partial charge in [-0.15, -0.1) is 11.3 Å². The molecule has 90 valence electrons. The molecule has 0 unspecified atom stereocenters.